The number of hydrogen-bond donors (Lipinski definition) is 2. The molecule has 84 valence electrons. The molecule has 1 fully saturated rings. The van der Waals surface area contributed by atoms with Crippen LogP contribution in [0.25, 0.3) is 0 Å². The Morgan fingerprint density at radius 1 is 1.36 bits per heavy atom. The Hall–Kier alpha value is -0.120. The molecule has 0 bridgehead atoms. The zero-order chi connectivity index (χ0) is 10.4. The fourth-order valence-electron chi connectivity index (χ4n) is 1.89. The molecular weight excluding hydrogens is 178 g/mol. The van der Waals surface area contributed by atoms with Crippen molar-refractivity contribution in [2.75, 3.05) is 13.2 Å². The van der Waals surface area contributed by atoms with Crippen molar-refractivity contribution >= 4 is 0 Å². The molecule has 3 heteroatoms. The van der Waals surface area contributed by atoms with Crippen molar-refractivity contribution in [2.24, 2.45) is 0 Å². The van der Waals surface area contributed by atoms with E-state index in [0.717, 1.165) is 26.0 Å². The maximum absolute atomic E-state index is 9.67. The molecule has 0 aromatic carbocycles. The molecule has 0 saturated heterocycles. The van der Waals surface area contributed by atoms with Gasteiger partial charge in [0.1, 0.15) is 0 Å². The predicted octanol–water partition coefficient (Wildman–Crippen LogP) is 1.30. The third-order valence-corrected chi connectivity index (χ3v) is 2.69. The summed E-state index contributed by atoms with van der Waals surface area (Å²) in [6, 6.07) is 0.291. The van der Waals surface area contributed by atoms with Crippen LogP contribution in [0.3, 0.4) is 0 Å². The third-order valence-electron chi connectivity index (χ3n) is 2.69. The molecule has 0 spiro atoms. The van der Waals surface area contributed by atoms with Gasteiger partial charge in [-0.1, -0.05) is 12.8 Å². The minimum absolute atomic E-state index is 0.150. The highest BCUT2D eigenvalue weighted by Crippen LogP contribution is 2.17. The first-order valence-corrected chi connectivity index (χ1v) is 5.73. The summed E-state index contributed by atoms with van der Waals surface area (Å²) >= 11 is 0. The SMILES string of the molecule is CC(C)OCCNC1CCCCC1O. The normalized spacial score (nSPS) is 28.3. The first-order chi connectivity index (χ1) is 6.70. The van der Waals surface area contributed by atoms with Gasteiger partial charge in [0.15, 0.2) is 0 Å². The lowest BCUT2D eigenvalue weighted by molar-refractivity contribution is 0.0618. The smallest absolute Gasteiger partial charge is 0.0693 e. The number of aliphatic hydroxyl groups excluding tert-OH is 1. The molecule has 1 rings (SSSR count). The highest BCUT2D eigenvalue weighted by atomic mass is 16.5. The highest BCUT2D eigenvalue weighted by Gasteiger charge is 2.21. The summed E-state index contributed by atoms with van der Waals surface area (Å²) in [6.07, 6.45) is 4.60. The summed E-state index contributed by atoms with van der Waals surface area (Å²) < 4.78 is 5.42. The van der Waals surface area contributed by atoms with Crippen molar-refractivity contribution in [3.8, 4) is 0 Å². The van der Waals surface area contributed by atoms with Crippen LogP contribution in [-0.4, -0.2) is 36.5 Å². The molecule has 1 aliphatic carbocycles. The minimum Gasteiger partial charge on any atom is -0.392 e. The lowest BCUT2D eigenvalue weighted by Gasteiger charge is -2.28. The number of hydrogen-bond acceptors (Lipinski definition) is 3. The Bertz CT molecular complexity index is 150. The van der Waals surface area contributed by atoms with Crippen molar-refractivity contribution in [1.29, 1.82) is 0 Å². The van der Waals surface area contributed by atoms with Gasteiger partial charge in [-0.25, -0.2) is 0 Å². The van der Waals surface area contributed by atoms with E-state index in [1.54, 1.807) is 0 Å². The quantitative estimate of drug-likeness (QED) is 0.659. The second-order valence-electron chi connectivity index (χ2n) is 4.33. The molecule has 0 aromatic heterocycles. The van der Waals surface area contributed by atoms with Gasteiger partial charge in [-0.15, -0.1) is 0 Å². The van der Waals surface area contributed by atoms with Crippen LogP contribution in [0.5, 0.6) is 0 Å². The van der Waals surface area contributed by atoms with Gasteiger partial charge in [-0.3, -0.25) is 0 Å². The van der Waals surface area contributed by atoms with Gasteiger partial charge in [0.25, 0.3) is 0 Å². The van der Waals surface area contributed by atoms with Crippen molar-refractivity contribution in [3.63, 3.8) is 0 Å². The van der Waals surface area contributed by atoms with Gasteiger partial charge < -0.3 is 15.2 Å². The molecule has 0 aliphatic heterocycles. The zero-order valence-corrected chi connectivity index (χ0v) is 9.33. The van der Waals surface area contributed by atoms with Crippen LogP contribution in [0.4, 0.5) is 0 Å². The number of nitrogens with one attached hydrogen (secondary N) is 1. The van der Waals surface area contributed by atoms with E-state index in [1.165, 1.54) is 12.8 Å². The van der Waals surface area contributed by atoms with Gasteiger partial charge in [0.05, 0.1) is 18.8 Å². The van der Waals surface area contributed by atoms with E-state index in [9.17, 15) is 5.11 Å². The lowest BCUT2D eigenvalue weighted by Crippen LogP contribution is -2.43. The van der Waals surface area contributed by atoms with Gasteiger partial charge in [-0.2, -0.15) is 0 Å². The Kier molecular flexibility index (Phi) is 5.45. The summed E-state index contributed by atoms with van der Waals surface area (Å²) in [7, 11) is 0. The van der Waals surface area contributed by atoms with E-state index in [0.29, 0.717) is 12.1 Å². The molecule has 0 aromatic rings. The van der Waals surface area contributed by atoms with Crippen molar-refractivity contribution in [1.82, 2.24) is 5.32 Å². The van der Waals surface area contributed by atoms with E-state index in [-0.39, 0.29) is 6.10 Å². The molecule has 0 amide bonds. The van der Waals surface area contributed by atoms with Crippen molar-refractivity contribution < 1.29 is 9.84 Å². The number of ether oxygens (including phenoxy) is 1. The van der Waals surface area contributed by atoms with Crippen LogP contribution in [-0.2, 0) is 4.74 Å². The van der Waals surface area contributed by atoms with E-state index < -0.39 is 0 Å². The monoisotopic (exact) mass is 201 g/mol. The lowest BCUT2D eigenvalue weighted by atomic mass is 9.93. The second kappa shape index (κ2) is 6.38. The Morgan fingerprint density at radius 2 is 2.07 bits per heavy atom. The average molecular weight is 201 g/mol. The number of aliphatic hydroxyl groups is 1. The van der Waals surface area contributed by atoms with Crippen LogP contribution in [0, 0.1) is 0 Å². The van der Waals surface area contributed by atoms with Gasteiger partial charge in [0.2, 0.25) is 0 Å². The van der Waals surface area contributed by atoms with Crippen molar-refractivity contribution in [3.05, 3.63) is 0 Å². The number of rotatable bonds is 5. The van der Waals surface area contributed by atoms with E-state index >= 15 is 0 Å². The Morgan fingerprint density at radius 3 is 2.71 bits per heavy atom. The standard InChI is InChI=1S/C11H23NO2/c1-9(2)14-8-7-12-10-5-3-4-6-11(10)13/h9-13H,3-8H2,1-2H3. The molecule has 14 heavy (non-hydrogen) atoms. The topological polar surface area (TPSA) is 41.5 Å². The van der Waals surface area contributed by atoms with E-state index in [1.807, 2.05) is 13.8 Å². The van der Waals surface area contributed by atoms with Gasteiger partial charge in [0, 0.05) is 12.6 Å². The Balaban J connectivity index is 2.04. The van der Waals surface area contributed by atoms with Crippen LogP contribution in [0.1, 0.15) is 39.5 Å². The molecule has 2 unspecified atom stereocenters. The maximum atomic E-state index is 9.67. The molecular formula is C11H23NO2. The summed E-state index contributed by atoms with van der Waals surface area (Å²) in [5.74, 6) is 0. The predicted molar refractivity (Wildman–Crippen MR) is 57.4 cm³/mol. The van der Waals surface area contributed by atoms with E-state index in [4.69, 9.17) is 4.74 Å². The van der Waals surface area contributed by atoms with Crippen LogP contribution in [0.2, 0.25) is 0 Å². The minimum atomic E-state index is -0.150. The summed E-state index contributed by atoms with van der Waals surface area (Å²) in [5, 5.41) is 13.0. The molecule has 0 heterocycles. The molecule has 2 atom stereocenters. The molecule has 1 saturated carbocycles. The van der Waals surface area contributed by atoms with Crippen LogP contribution < -0.4 is 5.32 Å². The molecule has 0 radical (unpaired) electrons. The van der Waals surface area contributed by atoms with E-state index in [2.05, 4.69) is 5.32 Å². The van der Waals surface area contributed by atoms with Gasteiger partial charge in [-0.05, 0) is 26.7 Å². The second-order valence-corrected chi connectivity index (χ2v) is 4.33. The zero-order valence-electron chi connectivity index (χ0n) is 9.33. The highest BCUT2D eigenvalue weighted by molar-refractivity contribution is 4.79. The van der Waals surface area contributed by atoms with Crippen molar-refractivity contribution in [2.45, 2.75) is 57.8 Å². The maximum Gasteiger partial charge on any atom is 0.0693 e. The summed E-state index contributed by atoms with van der Waals surface area (Å²) in [6.45, 7) is 5.66. The third kappa shape index (κ3) is 4.40. The van der Waals surface area contributed by atoms with Crippen LogP contribution in [0.15, 0.2) is 0 Å². The van der Waals surface area contributed by atoms with Gasteiger partial charge >= 0.3 is 0 Å². The first-order valence-electron chi connectivity index (χ1n) is 5.73. The molecule has 1 aliphatic rings. The first kappa shape index (κ1) is 12.0. The summed E-state index contributed by atoms with van der Waals surface area (Å²) in [5.41, 5.74) is 0. The molecule has 2 N–H and O–H groups in total. The fourth-order valence-corrected chi connectivity index (χ4v) is 1.89. The molecule has 3 nitrogen and oxygen atoms in total. The Labute approximate surface area is 86.8 Å². The fraction of sp³-hybridized carbons (Fsp3) is 1.00. The van der Waals surface area contributed by atoms with Crippen LogP contribution >= 0.6 is 0 Å². The average Bonchev–Trinajstić information content (AvgIpc) is 2.15. The summed E-state index contributed by atoms with van der Waals surface area (Å²) in [4.78, 5) is 0. The largest absolute Gasteiger partial charge is 0.392 e.